The summed E-state index contributed by atoms with van der Waals surface area (Å²) in [6.07, 6.45) is 8.71. The normalized spacial score (nSPS) is 11.2. The van der Waals surface area contributed by atoms with Gasteiger partial charge in [-0.25, -0.2) is 4.98 Å². The largest absolute Gasteiger partial charge is 0.341 e. The van der Waals surface area contributed by atoms with Gasteiger partial charge in [0.2, 0.25) is 0 Å². The van der Waals surface area contributed by atoms with Gasteiger partial charge in [0.05, 0.1) is 6.33 Å². The number of carbonyl (C=O) groups excluding carboxylic acids is 1. The van der Waals surface area contributed by atoms with Gasteiger partial charge < -0.3 is 9.47 Å². The molecule has 1 amide bonds. The standard InChI is InChI=1S/C24H31N3OS/c1-5-6-12-26(4)24(28)23-22(15-21(29-23)14-18(2)3)20-9-7-19(8-10-20)16-27-13-11-25-17-27/h7-11,13,15,17-18H,5-6,12,14,16H2,1-4H3. The van der Waals surface area contributed by atoms with Crippen molar-refractivity contribution in [1.82, 2.24) is 14.5 Å². The van der Waals surface area contributed by atoms with Crippen LogP contribution in [0.3, 0.4) is 0 Å². The lowest BCUT2D eigenvalue weighted by Crippen LogP contribution is -2.27. The average Bonchev–Trinajstić information content (AvgIpc) is 3.35. The van der Waals surface area contributed by atoms with Gasteiger partial charge in [0.25, 0.3) is 5.91 Å². The second-order valence-corrected chi connectivity index (χ2v) is 9.20. The molecule has 0 fully saturated rings. The van der Waals surface area contributed by atoms with Gasteiger partial charge in [0.1, 0.15) is 4.88 Å². The molecular weight excluding hydrogens is 378 g/mol. The highest BCUT2D eigenvalue weighted by atomic mass is 32.1. The van der Waals surface area contributed by atoms with E-state index < -0.39 is 0 Å². The van der Waals surface area contributed by atoms with Crippen LogP contribution >= 0.6 is 11.3 Å². The van der Waals surface area contributed by atoms with Crippen molar-refractivity contribution in [3.8, 4) is 11.1 Å². The number of aromatic nitrogens is 2. The number of imidazole rings is 1. The second kappa shape index (κ2) is 9.88. The number of carbonyl (C=O) groups is 1. The van der Waals surface area contributed by atoms with Gasteiger partial charge in [0, 0.05) is 43.0 Å². The van der Waals surface area contributed by atoms with E-state index in [0.717, 1.165) is 48.4 Å². The number of benzene rings is 1. The Morgan fingerprint density at radius 2 is 2.00 bits per heavy atom. The van der Waals surface area contributed by atoms with Gasteiger partial charge in [-0.1, -0.05) is 51.5 Å². The average molecular weight is 410 g/mol. The van der Waals surface area contributed by atoms with Crippen molar-refractivity contribution in [1.29, 1.82) is 0 Å². The van der Waals surface area contributed by atoms with Crippen LogP contribution in [-0.2, 0) is 13.0 Å². The number of hydrogen-bond acceptors (Lipinski definition) is 3. The predicted molar refractivity (Wildman–Crippen MR) is 121 cm³/mol. The van der Waals surface area contributed by atoms with Gasteiger partial charge in [-0.15, -0.1) is 11.3 Å². The third kappa shape index (κ3) is 5.57. The monoisotopic (exact) mass is 409 g/mol. The molecule has 4 nitrogen and oxygen atoms in total. The van der Waals surface area contributed by atoms with Crippen LogP contribution < -0.4 is 0 Å². The van der Waals surface area contributed by atoms with Crippen molar-refractivity contribution >= 4 is 17.2 Å². The Bertz CT molecular complexity index is 910. The first kappa shape index (κ1) is 21.3. The molecular formula is C24H31N3OS. The molecule has 3 rings (SSSR count). The SMILES string of the molecule is CCCCN(C)C(=O)c1sc(CC(C)C)cc1-c1ccc(Cn2ccnc2)cc1. The van der Waals surface area contributed by atoms with Gasteiger partial charge >= 0.3 is 0 Å². The van der Waals surface area contributed by atoms with E-state index in [4.69, 9.17) is 0 Å². The number of unbranched alkanes of at least 4 members (excludes halogenated alkanes) is 1. The van der Waals surface area contributed by atoms with E-state index in [2.05, 4.69) is 60.7 Å². The molecule has 0 aliphatic rings. The number of nitrogens with zero attached hydrogens (tertiary/aromatic N) is 3. The topological polar surface area (TPSA) is 38.1 Å². The first-order chi connectivity index (χ1) is 14.0. The van der Waals surface area contributed by atoms with Gasteiger partial charge in [0.15, 0.2) is 0 Å². The molecule has 0 saturated carbocycles. The van der Waals surface area contributed by atoms with Crippen LogP contribution in [0.4, 0.5) is 0 Å². The Morgan fingerprint density at radius 3 is 2.62 bits per heavy atom. The Balaban J connectivity index is 1.87. The minimum Gasteiger partial charge on any atom is -0.341 e. The van der Waals surface area contributed by atoms with Crippen LogP contribution in [0.5, 0.6) is 0 Å². The zero-order valence-corrected chi connectivity index (χ0v) is 18.7. The highest BCUT2D eigenvalue weighted by Gasteiger charge is 2.21. The van der Waals surface area contributed by atoms with E-state index >= 15 is 0 Å². The summed E-state index contributed by atoms with van der Waals surface area (Å²) in [5, 5.41) is 0. The quantitative estimate of drug-likeness (QED) is 0.453. The second-order valence-electron chi connectivity index (χ2n) is 8.07. The maximum atomic E-state index is 13.1. The highest BCUT2D eigenvalue weighted by molar-refractivity contribution is 7.14. The van der Waals surface area contributed by atoms with E-state index in [1.54, 1.807) is 17.5 Å². The summed E-state index contributed by atoms with van der Waals surface area (Å²) in [6.45, 7) is 8.20. The van der Waals surface area contributed by atoms with Crippen LogP contribution in [0.2, 0.25) is 0 Å². The third-order valence-corrected chi connectivity index (χ3v) is 6.12. The van der Waals surface area contributed by atoms with Gasteiger partial charge in [-0.2, -0.15) is 0 Å². The predicted octanol–water partition coefficient (Wildman–Crippen LogP) is 5.73. The van der Waals surface area contributed by atoms with E-state index in [-0.39, 0.29) is 5.91 Å². The Morgan fingerprint density at radius 1 is 1.24 bits per heavy atom. The highest BCUT2D eigenvalue weighted by Crippen LogP contribution is 2.34. The molecule has 0 radical (unpaired) electrons. The molecule has 2 heterocycles. The molecule has 5 heteroatoms. The van der Waals surface area contributed by atoms with Crippen LogP contribution in [0, 0.1) is 5.92 Å². The minimum atomic E-state index is 0.135. The van der Waals surface area contributed by atoms with Crippen LogP contribution in [-0.4, -0.2) is 34.0 Å². The summed E-state index contributed by atoms with van der Waals surface area (Å²) < 4.78 is 2.05. The molecule has 154 valence electrons. The van der Waals surface area contributed by atoms with Crippen molar-refractivity contribution in [3.05, 3.63) is 64.4 Å². The number of amides is 1. The van der Waals surface area contributed by atoms with Gasteiger partial charge in [-0.3, -0.25) is 4.79 Å². The molecule has 0 unspecified atom stereocenters. The molecule has 0 atom stereocenters. The van der Waals surface area contributed by atoms with Crippen molar-refractivity contribution in [2.75, 3.05) is 13.6 Å². The fourth-order valence-electron chi connectivity index (χ4n) is 3.37. The van der Waals surface area contributed by atoms with Crippen molar-refractivity contribution in [2.45, 2.75) is 46.6 Å². The van der Waals surface area contributed by atoms with Gasteiger partial charge in [-0.05, 0) is 36.0 Å². The first-order valence-corrected chi connectivity index (χ1v) is 11.2. The summed E-state index contributed by atoms with van der Waals surface area (Å²) in [7, 11) is 1.91. The summed E-state index contributed by atoms with van der Waals surface area (Å²) in [4.78, 5) is 21.3. The molecule has 1 aromatic carbocycles. The fraction of sp³-hybridized carbons (Fsp3) is 0.417. The molecule has 0 spiro atoms. The molecule has 0 aliphatic heterocycles. The summed E-state index contributed by atoms with van der Waals surface area (Å²) in [5.41, 5.74) is 3.39. The van der Waals surface area contributed by atoms with E-state index in [0.29, 0.717) is 5.92 Å². The van der Waals surface area contributed by atoms with Crippen LogP contribution in [0.25, 0.3) is 11.1 Å². The van der Waals surface area contributed by atoms with E-state index in [1.807, 2.05) is 24.5 Å². The number of hydrogen-bond donors (Lipinski definition) is 0. The van der Waals surface area contributed by atoms with E-state index in [9.17, 15) is 4.79 Å². The van der Waals surface area contributed by atoms with Crippen molar-refractivity contribution < 1.29 is 4.79 Å². The number of rotatable bonds is 9. The summed E-state index contributed by atoms with van der Waals surface area (Å²) >= 11 is 1.66. The zero-order chi connectivity index (χ0) is 20.8. The first-order valence-electron chi connectivity index (χ1n) is 10.4. The summed E-state index contributed by atoms with van der Waals surface area (Å²) in [5.74, 6) is 0.704. The minimum absolute atomic E-state index is 0.135. The zero-order valence-electron chi connectivity index (χ0n) is 17.9. The van der Waals surface area contributed by atoms with Crippen molar-refractivity contribution in [2.24, 2.45) is 5.92 Å². The molecule has 0 aliphatic carbocycles. The Hall–Kier alpha value is -2.40. The Kier molecular flexibility index (Phi) is 7.26. The smallest absolute Gasteiger partial charge is 0.264 e. The lowest BCUT2D eigenvalue weighted by atomic mass is 10.0. The van der Waals surface area contributed by atoms with Crippen LogP contribution in [0.15, 0.2) is 49.1 Å². The van der Waals surface area contributed by atoms with E-state index in [1.165, 1.54) is 10.4 Å². The van der Waals surface area contributed by atoms with Crippen molar-refractivity contribution in [3.63, 3.8) is 0 Å². The molecule has 0 bridgehead atoms. The Labute approximate surface area is 178 Å². The molecule has 29 heavy (non-hydrogen) atoms. The maximum absolute atomic E-state index is 13.1. The molecule has 0 N–H and O–H groups in total. The van der Waals surface area contributed by atoms with Crippen LogP contribution in [0.1, 0.15) is 53.7 Å². The lowest BCUT2D eigenvalue weighted by molar-refractivity contribution is 0.0798. The fourth-order valence-corrected chi connectivity index (χ4v) is 4.75. The third-order valence-electron chi connectivity index (χ3n) is 4.97. The maximum Gasteiger partial charge on any atom is 0.264 e. The summed E-state index contributed by atoms with van der Waals surface area (Å²) in [6, 6.07) is 10.8. The molecule has 0 saturated heterocycles. The molecule has 2 aromatic heterocycles. The lowest BCUT2D eigenvalue weighted by Gasteiger charge is -2.17. The number of thiophene rings is 1. The molecule has 3 aromatic rings.